The molecule has 0 saturated carbocycles. The summed E-state index contributed by atoms with van der Waals surface area (Å²) >= 11 is 0. The molecule has 2 atom stereocenters. The maximum Gasteiger partial charge on any atom is 0.326 e. The summed E-state index contributed by atoms with van der Waals surface area (Å²) < 4.78 is 0. The van der Waals surface area contributed by atoms with Gasteiger partial charge in [-0.25, -0.2) is 14.6 Å². The van der Waals surface area contributed by atoms with E-state index in [1.54, 1.807) is 27.7 Å². The van der Waals surface area contributed by atoms with Crippen LogP contribution in [0.5, 0.6) is 0 Å². The molecule has 19 heavy (non-hydrogen) atoms. The number of nitrogens with zero attached hydrogens (tertiary/aromatic N) is 2. The van der Waals surface area contributed by atoms with E-state index in [0.717, 1.165) is 0 Å². The van der Waals surface area contributed by atoms with Crippen molar-refractivity contribution < 1.29 is 14.7 Å². The SMILES string of the molecule is CC(NC(=O)NC(C(=O)O)C(C)(C)C)c1ncn[nH]1. The highest BCUT2D eigenvalue weighted by atomic mass is 16.4. The number of carbonyl (C=O) groups is 2. The van der Waals surface area contributed by atoms with Crippen LogP contribution in [0, 0.1) is 5.41 Å². The summed E-state index contributed by atoms with van der Waals surface area (Å²) in [6.45, 7) is 6.94. The van der Waals surface area contributed by atoms with Crippen LogP contribution in [0.3, 0.4) is 0 Å². The number of aliphatic carboxylic acids is 1. The zero-order valence-corrected chi connectivity index (χ0v) is 11.4. The number of urea groups is 1. The molecule has 0 aliphatic rings. The first-order valence-corrected chi connectivity index (χ1v) is 5.87. The van der Waals surface area contributed by atoms with Gasteiger partial charge in [-0.15, -0.1) is 0 Å². The van der Waals surface area contributed by atoms with Gasteiger partial charge in [0.2, 0.25) is 0 Å². The fraction of sp³-hybridized carbons (Fsp3) is 0.636. The molecular weight excluding hydrogens is 250 g/mol. The number of H-pyrrole nitrogens is 1. The van der Waals surface area contributed by atoms with E-state index in [-0.39, 0.29) is 0 Å². The number of hydrogen-bond donors (Lipinski definition) is 4. The third-order valence-electron chi connectivity index (χ3n) is 2.58. The van der Waals surface area contributed by atoms with Crippen LogP contribution in [0.4, 0.5) is 4.79 Å². The number of carboxylic acid groups (broad SMARTS) is 1. The van der Waals surface area contributed by atoms with Gasteiger partial charge in [0, 0.05) is 0 Å². The second kappa shape index (κ2) is 5.68. The maximum atomic E-state index is 11.8. The Balaban J connectivity index is 2.61. The monoisotopic (exact) mass is 269 g/mol. The van der Waals surface area contributed by atoms with E-state index >= 15 is 0 Å². The lowest BCUT2D eigenvalue weighted by atomic mass is 9.87. The smallest absolute Gasteiger partial charge is 0.326 e. The number of hydrogen-bond acceptors (Lipinski definition) is 4. The van der Waals surface area contributed by atoms with Crippen molar-refractivity contribution in [2.45, 2.75) is 39.8 Å². The Kier molecular flexibility index (Phi) is 4.47. The van der Waals surface area contributed by atoms with Crippen molar-refractivity contribution in [2.24, 2.45) is 5.41 Å². The Bertz CT molecular complexity index is 438. The normalized spacial score (nSPS) is 14.5. The molecule has 106 valence electrons. The van der Waals surface area contributed by atoms with Crippen LogP contribution in [-0.4, -0.2) is 38.3 Å². The molecule has 0 bridgehead atoms. The van der Waals surface area contributed by atoms with Gasteiger partial charge in [0.25, 0.3) is 0 Å². The molecule has 0 aliphatic carbocycles. The van der Waals surface area contributed by atoms with Gasteiger partial charge in [-0.2, -0.15) is 5.10 Å². The molecule has 1 rings (SSSR count). The molecule has 0 saturated heterocycles. The van der Waals surface area contributed by atoms with Crippen LogP contribution in [-0.2, 0) is 4.79 Å². The van der Waals surface area contributed by atoms with Gasteiger partial charge in [-0.05, 0) is 12.3 Å². The van der Waals surface area contributed by atoms with E-state index in [0.29, 0.717) is 5.82 Å². The molecule has 1 aromatic heterocycles. The molecule has 0 aromatic carbocycles. The Hall–Kier alpha value is -2.12. The third-order valence-corrected chi connectivity index (χ3v) is 2.58. The molecule has 8 nitrogen and oxygen atoms in total. The number of nitrogens with one attached hydrogen (secondary N) is 3. The van der Waals surface area contributed by atoms with Crippen LogP contribution in [0.2, 0.25) is 0 Å². The third kappa shape index (κ3) is 4.23. The van der Waals surface area contributed by atoms with E-state index in [9.17, 15) is 9.59 Å². The van der Waals surface area contributed by atoms with Crippen LogP contribution >= 0.6 is 0 Å². The summed E-state index contributed by atoms with van der Waals surface area (Å²) in [5.41, 5.74) is -0.585. The second-order valence-corrected chi connectivity index (χ2v) is 5.35. The van der Waals surface area contributed by atoms with E-state index in [4.69, 9.17) is 5.11 Å². The fourth-order valence-corrected chi connectivity index (χ4v) is 1.51. The number of aromatic nitrogens is 3. The predicted octanol–water partition coefficient (Wildman–Crippen LogP) is 0.664. The van der Waals surface area contributed by atoms with Crippen LogP contribution < -0.4 is 10.6 Å². The van der Waals surface area contributed by atoms with Gasteiger partial charge in [0.15, 0.2) is 0 Å². The minimum absolute atomic E-state index is 0.392. The van der Waals surface area contributed by atoms with Gasteiger partial charge in [-0.3, -0.25) is 5.10 Å². The molecule has 0 spiro atoms. The van der Waals surface area contributed by atoms with E-state index in [1.165, 1.54) is 6.33 Å². The summed E-state index contributed by atoms with van der Waals surface area (Å²) in [5, 5.41) is 20.4. The number of carboxylic acids is 1. The van der Waals surface area contributed by atoms with Crippen molar-refractivity contribution in [3.63, 3.8) is 0 Å². The van der Waals surface area contributed by atoms with E-state index in [1.807, 2.05) is 0 Å². The quantitative estimate of drug-likeness (QED) is 0.640. The lowest BCUT2D eigenvalue weighted by molar-refractivity contribution is -0.141. The Morgan fingerprint density at radius 2 is 2.00 bits per heavy atom. The second-order valence-electron chi connectivity index (χ2n) is 5.35. The molecule has 2 amide bonds. The first-order chi connectivity index (χ1) is 8.71. The summed E-state index contributed by atoms with van der Waals surface area (Å²) in [4.78, 5) is 26.8. The predicted molar refractivity (Wildman–Crippen MR) is 67.3 cm³/mol. The van der Waals surface area contributed by atoms with Gasteiger partial charge in [0.05, 0.1) is 6.04 Å². The minimum atomic E-state index is -1.07. The molecule has 1 aromatic rings. The van der Waals surface area contributed by atoms with Crippen LogP contribution in [0.1, 0.15) is 39.6 Å². The maximum absolute atomic E-state index is 11.8. The van der Waals surface area contributed by atoms with Crippen molar-refractivity contribution >= 4 is 12.0 Å². The van der Waals surface area contributed by atoms with Crippen molar-refractivity contribution in [3.05, 3.63) is 12.2 Å². The van der Waals surface area contributed by atoms with Crippen molar-refractivity contribution in [1.29, 1.82) is 0 Å². The highest BCUT2D eigenvalue weighted by molar-refractivity contribution is 5.83. The van der Waals surface area contributed by atoms with Gasteiger partial charge < -0.3 is 15.7 Å². The molecule has 8 heteroatoms. The van der Waals surface area contributed by atoms with E-state index in [2.05, 4.69) is 25.8 Å². The highest BCUT2D eigenvalue weighted by Crippen LogP contribution is 2.19. The summed E-state index contributed by atoms with van der Waals surface area (Å²) in [6, 6.07) is -1.93. The zero-order chi connectivity index (χ0) is 14.6. The first kappa shape index (κ1) is 14.9. The lowest BCUT2D eigenvalue weighted by Gasteiger charge is -2.28. The Labute approximate surface area is 111 Å². The Morgan fingerprint density at radius 1 is 1.37 bits per heavy atom. The largest absolute Gasteiger partial charge is 0.480 e. The molecular formula is C11H19N5O3. The average Bonchev–Trinajstić information content (AvgIpc) is 2.77. The van der Waals surface area contributed by atoms with Crippen molar-refractivity contribution in [2.75, 3.05) is 0 Å². The molecule has 2 unspecified atom stereocenters. The molecule has 0 aliphatic heterocycles. The van der Waals surface area contributed by atoms with E-state index < -0.39 is 29.5 Å². The Morgan fingerprint density at radius 3 is 2.42 bits per heavy atom. The number of rotatable bonds is 4. The molecule has 1 heterocycles. The topological polar surface area (TPSA) is 120 Å². The summed E-state index contributed by atoms with van der Waals surface area (Å²) in [7, 11) is 0. The van der Waals surface area contributed by atoms with Gasteiger partial charge in [-0.1, -0.05) is 20.8 Å². The average molecular weight is 269 g/mol. The standard InChI is InChI=1S/C11H19N5O3/c1-6(8-12-5-13-16-8)14-10(19)15-7(9(17)18)11(2,3)4/h5-7H,1-4H3,(H,17,18)(H,12,13,16)(H2,14,15,19). The van der Waals surface area contributed by atoms with Crippen molar-refractivity contribution in [1.82, 2.24) is 25.8 Å². The zero-order valence-electron chi connectivity index (χ0n) is 11.4. The minimum Gasteiger partial charge on any atom is -0.480 e. The van der Waals surface area contributed by atoms with Crippen molar-refractivity contribution in [3.8, 4) is 0 Å². The lowest BCUT2D eigenvalue weighted by Crippen LogP contribution is -2.52. The van der Waals surface area contributed by atoms with Gasteiger partial charge in [0.1, 0.15) is 18.2 Å². The number of amides is 2. The number of carbonyl (C=O) groups excluding carboxylic acids is 1. The first-order valence-electron chi connectivity index (χ1n) is 5.87. The van der Waals surface area contributed by atoms with Crippen LogP contribution in [0.15, 0.2) is 6.33 Å². The molecule has 0 radical (unpaired) electrons. The fourth-order valence-electron chi connectivity index (χ4n) is 1.51. The van der Waals surface area contributed by atoms with Crippen LogP contribution in [0.25, 0.3) is 0 Å². The molecule has 0 fully saturated rings. The summed E-state index contributed by atoms with van der Waals surface area (Å²) in [6.07, 6.45) is 1.33. The molecule has 4 N–H and O–H groups in total. The number of aromatic amines is 1. The summed E-state index contributed by atoms with van der Waals surface area (Å²) in [5.74, 6) is -0.576. The van der Waals surface area contributed by atoms with Gasteiger partial charge >= 0.3 is 12.0 Å². The highest BCUT2D eigenvalue weighted by Gasteiger charge is 2.32.